The smallest absolute Gasteiger partial charge is 0.223 e. The molecule has 0 saturated carbocycles. The summed E-state index contributed by atoms with van der Waals surface area (Å²) in [5, 5.41) is 9.74. The average Bonchev–Trinajstić information content (AvgIpc) is 2.23. The molecule has 1 heterocycles. The van der Waals surface area contributed by atoms with Crippen LogP contribution in [0.3, 0.4) is 0 Å². The van der Waals surface area contributed by atoms with Gasteiger partial charge in [0, 0.05) is 30.6 Å². The van der Waals surface area contributed by atoms with Crippen molar-refractivity contribution < 1.29 is 4.79 Å². The Kier molecular flexibility index (Phi) is 5.40. The molecule has 0 aliphatic carbocycles. The van der Waals surface area contributed by atoms with Gasteiger partial charge in [-0.1, -0.05) is 0 Å². The van der Waals surface area contributed by atoms with Crippen LogP contribution >= 0.6 is 0 Å². The van der Waals surface area contributed by atoms with Gasteiger partial charge in [-0.3, -0.25) is 4.79 Å². The van der Waals surface area contributed by atoms with Crippen molar-refractivity contribution in [3.63, 3.8) is 0 Å². The lowest BCUT2D eigenvalue weighted by Gasteiger charge is -2.27. The molecule has 4 heteroatoms. The standard InChI is InChI=1S/C13H27N3O/c1-10-9-11(5-6-14-10)12(17)15-7-8-16-13(2,3)4/h10-11,14,16H,5-9H2,1-4H3,(H,15,17)/t10-,11-/m0/s1. The highest BCUT2D eigenvalue weighted by atomic mass is 16.1. The molecule has 4 nitrogen and oxygen atoms in total. The molecule has 0 radical (unpaired) electrons. The van der Waals surface area contributed by atoms with Gasteiger partial charge >= 0.3 is 0 Å². The maximum absolute atomic E-state index is 11.9. The van der Waals surface area contributed by atoms with Gasteiger partial charge in [0.15, 0.2) is 0 Å². The Morgan fingerprint density at radius 1 is 1.35 bits per heavy atom. The van der Waals surface area contributed by atoms with Crippen molar-refractivity contribution in [3.8, 4) is 0 Å². The monoisotopic (exact) mass is 241 g/mol. The van der Waals surface area contributed by atoms with Crippen LogP contribution in [0.4, 0.5) is 0 Å². The number of nitrogens with one attached hydrogen (secondary N) is 3. The van der Waals surface area contributed by atoms with E-state index in [4.69, 9.17) is 0 Å². The summed E-state index contributed by atoms with van der Waals surface area (Å²) in [6.07, 6.45) is 1.92. The van der Waals surface area contributed by atoms with Crippen LogP contribution in [0.1, 0.15) is 40.5 Å². The Hall–Kier alpha value is -0.610. The number of amides is 1. The molecular formula is C13H27N3O. The van der Waals surface area contributed by atoms with Crippen molar-refractivity contribution in [3.05, 3.63) is 0 Å². The Balaban J connectivity index is 2.16. The lowest BCUT2D eigenvalue weighted by atomic mass is 9.92. The van der Waals surface area contributed by atoms with E-state index in [1.165, 1.54) is 0 Å². The minimum Gasteiger partial charge on any atom is -0.355 e. The molecule has 1 amide bonds. The first-order valence-electron chi connectivity index (χ1n) is 6.64. The predicted octanol–water partition coefficient (Wildman–Crippen LogP) is 0.879. The quantitative estimate of drug-likeness (QED) is 0.640. The molecule has 0 aromatic rings. The minimum absolute atomic E-state index is 0.119. The van der Waals surface area contributed by atoms with Gasteiger partial charge in [-0.15, -0.1) is 0 Å². The van der Waals surface area contributed by atoms with Gasteiger partial charge in [0.1, 0.15) is 0 Å². The van der Waals surface area contributed by atoms with E-state index in [1.807, 2.05) is 0 Å². The lowest BCUT2D eigenvalue weighted by Crippen LogP contribution is -2.45. The molecule has 0 unspecified atom stereocenters. The maximum Gasteiger partial charge on any atom is 0.223 e. The number of carbonyl (C=O) groups excluding carboxylic acids is 1. The molecule has 0 aromatic carbocycles. The van der Waals surface area contributed by atoms with Crippen molar-refractivity contribution in [2.75, 3.05) is 19.6 Å². The molecule has 17 heavy (non-hydrogen) atoms. The van der Waals surface area contributed by atoms with Gasteiger partial charge in [-0.2, -0.15) is 0 Å². The van der Waals surface area contributed by atoms with Gasteiger partial charge < -0.3 is 16.0 Å². The predicted molar refractivity (Wildman–Crippen MR) is 71.0 cm³/mol. The van der Waals surface area contributed by atoms with Gasteiger partial charge in [0.25, 0.3) is 0 Å². The van der Waals surface area contributed by atoms with Crippen LogP contribution in [-0.4, -0.2) is 37.1 Å². The average molecular weight is 241 g/mol. The van der Waals surface area contributed by atoms with E-state index in [-0.39, 0.29) is 17.4 Å². The van der Waals surface area contributed by atoms with Crippen LogP contribution in [0.15, 0.2) is 0 Å². The largest absolute Gasteiger partial charge is 0.355 e. The molecule has 1 rings (SSSR count). The molecule has 0 spiro atoms. The van der Waals surface area contributed by atoms with Crippen LogP contribution < -0.4 is 16.0 Å². The summed E-state index contributed by atoms with van der Waals surface area (Å²) in [6.45, 7) is 11.0. The summed E-state index contributed by atoms with van der Waals surface area (Å²) in [5.41, 5.74) is 0.119. The second-order valence-electron chi connectivity index (χ2n) is 6.04. The summed E-state index contributed by atoms with van der Waals surface area (Å²) in [4.78, 5) is 11.9. The summed E-state index contributed by atoms with van der Waals surface area (Å²) in [5.74, 6) is 0.412. The first kappa shape index (κ1) is 14.5. The zero-order valence-electron chi connectivity index (χ0n) is 11.6. The van der Waals surface area contributed by atoms with E-state index in [1.54, 1.807) is 0 Å². The van der Waals surface area contributed by atoms with Crippen molar-refractivity contribution >= 4 is 5.91 Å². The zero-order chi connectivity index (χ0) is 12.9. The number of hydrogen-bond acceptors (Lipinski definition) is 3. The molecule has 1 saturated heterocycles. The molecule has 0 bridgehead atoms. The number of carbonyl (C=O) groups is 1. The molecule has 1 aliphatic rings. The summed E-state index contributed by atoms with van der Waals surface area (Å²) in [7, 11) is 0. The van der Waals surface area contributed by atoms with Gasteiger partial charge in [0.05, 0.1) is 0 Å². The first-order valence-corrected chi connectivity index (χ1v) is 6.64. The molecule has 3 N–H and O–H groups in total. The fourth-order valence-corrected chi connectivity index (χ4v) is 2.14. The third-order valence-corrected chi connectivity index (χ3v) is 3.07. The topological polar surface area (TPSA) is 53.2 Å². The van der Waals surface area contributed by atoms with Gasteiger partial charge in [-0.05, 0) is 47.1 Å². The lowest BCUT2D eigenvalue weighted by molar-refractivity contribution is -0.126. The maximum atomic E-state index is 11.9. The highest BCUT2D eigenvalue weighted by molar-refractivity contribution is 5.78. The van der Waals surface area contributed by atoms with Crippen molar-refractivity contribution in [1.82, 2.24) is 16.0 Å². The van der Waals surface area contributed by atoms with Gasteiger partial charge in [0.2, 0.25) is 5.91 Å². The molecule has 0 aromatic heterocycles. The highest BCUT2D eigenvalue weighted by Gasteiger charge is 2.24. The highest BCUT2D eigenvalue weighted by Crippen LogP contribution is 2.15. The van der Waals surface area contributed by atoms with Crippen LogP contribution in [0, 0.1) is 5.92 Å². The summed E-state index contributed by atoms with van der Waals surface area (Å²) in [6, 6.07) is 0.465. The van der Waals surface area contributed by atoms with E-state index in [2.05, 4.69) is 43.6 Å². The molecule has 2 atom stereocenters. The number of hydrogen-bond donors (Lipinski definition) is 3. The molecule has 1 fully saturated rings. The third-order valence-electron chi connectivity index (χ3n) is 3.07. The zero-order valence-corrected chi connectivity index (χ0v) is 11.6. The number of rotatable bonds is 4. The van der Waals surface area contributed by atoms with Crippen LogP contribution in [-0.2, 0) is 4.79 Å². The Morgan fingerprint density at radius 3 is 2.65 bits per heavy atom. The van der Waals surface area contributed by atoms with Crippen LogP contribution in [0.5, 0.6) is 0 Å². The number of piperidine rings is 1. The van der Waals surface area contributed by atoms with E-state index >= 15 is 0 Å². The molecule has 1 aliphatic heterocycles. The van der Waals surface area contributed by atoms with E-state index < -0.39 is 0 Å². The molecular weight excluding hydrogens is 214 g/mol. The first-order chi connectivity index (χ1) is 7.88. The van der Waals surface area contributed by atoms with E-state index in [0.717, 1.165) is 25.9 Å². The van der Waals surface area contributed by atoms with Crippen molar-refractivity contribution in [2.45, 2.75) is 52.1 Å². The SMILES string of the molecule is C[C@H]1C[C@@H](C(=O)NCCNC(C)(C)C)CCN1. The second-order valence-corrected chi connectivity index (χ2v) is 6.04. The fraction of sp³-hybridized carbons (Fsp3) is 0.923. The summed E-state index contributed by atoms with van der Waals surface area (Å²) >= 11 is 0. The molecule has 100 valence electrons. The minimum atomic E-state index is 0.119. The normalized spacial score (nSPS) is 25.6. The van der Waals surface area contributed by atoms with Crippen molar-refractivity contribution in [2.24, 2.45) is 5.92 Å². The van der Waals surface area contributed by atoms with Gasteiger partial charge in [-0.25, -0.2) is 0 Å². The van der Waals surface area contributed by atoms with Crippen molar-refractivity contribution in [1.29, 1.82) is 0 Å². The van der Waals surface area contributed by atoms with E-state index in [0.29, 0.717) is 12.6 Å². The third kappa shape index (κ3) is 6.03. The Labute approximate surface area is 105 Å². The Morgan fingerprint density at radius 2 is 2.06 bits per heavy atom. The fourth-order valence-electron chi connectivity index (χ4n) is 2.14. The van der Waals surface area contributed by atoms with Crippen LogP contribution in [0.2, 0.25) is 0 Å². The van der Waals surface area contributed by atoms with E-state index in [9.17, 15) is 4.79 Å². The van der Waals surface area contributed by atoms with Crippen LogP contribution in [0.25, 0.3) is 0 Å². The summed E-state index contributed by atoms with van der Waals surface area (Å²) < 4.78 is 0. The second kappa shape index (κ2) is 6.36. The Bertz CT molecular complexity index is 248.